The van der Waals surface area contributed by atoms with Crippen LogP contribution < -0.4 is 11.1 Å². The van der Waals surface area contributed by atoms with Crippen LogP contribution in [0.15, 0.2) is 30.3 Å². The lowest BCUT2D eigenvalue weighted by atomic mass is 9.94. The second kappa shape index (κ2) is 7.57. The Balaban J connectivity index is 2.06. The number of nitrogens with one attached hydrogen (secondary N) is 1. The first kappa shape index (κ1) is 16.0. The first-order valence-electron chi connectivity index (χ1n) is 7.82. The van der Waals surface area contributed by atoms with Gasteiger partial charge in [-0.1, -0.05) is 36.8 Å². The molecule has 0 aliphatic heterocycles. The number of nitrogens with two attached hydrogens (primary N) is 1. The number of nitrogens with zero attached hydrogens (tertiary/aromatic N) is 1. The second-order valence-electron chi connectivity index (χ2n) is 6.27. The largest absolute Gasteiger partial charge is 0.348 e. The van der Waals surface area contributed by atoms with Crippen LogP contribution in [0, 0.1) is 11.8 Å². The maximum Gasteiger partial charge on any atom is 0.223 e. The minimum Gasteiger partial charge on any atom is -0.348 e. The molecule has 1 aromatic rings. The summed E-state index contributed by atoms with van der Waals surface area (Å²) in [4.78, 5) is 14.7. The van der Waals surface area contributed by atoms with Crippen LogP contribution in [0.3, 0.4) is 0 Å². The van der Waals surface area contributed by atoms with Crippen molar-refractivity contribution in [1.29, 1.82) is 0 Å². The lowest BCUT2D eigenvalue weighted by Crippen LogP contribution is -2.40. The highest BCUT2D eigenvalue weighted by Gasteiger charge is 2.33. The Morgan fingerprint density at radius 1 is 1.33 bits per heavy atom. The molecule has 1 saturated carbocycles. The Morgan fingerprint density at radius 2 is 2.05 bits per heavy atom. The number of rotatable bonds is 6. The van der Waals surface area contributed by atoms with Crippen LogP contribution in [0.2, 0.25) is 0 Å². The highest BCUT2D eigenvalue weighted by Crippen LogP contribution is 2.31. The third-order valence-corrected chi connectivity index (χ3v) is 4.36. The normalized spacial score (nSPS) is 23.2. The minimum absolute atomic E-state index is 0.0349. The lowest BCUT2D eigenvalue weighted by molar-refractivity contribution is -0.126. The fourth-order valence-electron chi connectivity index (χ4n) is 3.23. The Morgan fingerprint density at radius 3 is 2.67 bits per heavy atom. The third-order valence-electron chi connectivity index (χ3n) is 4.36. The Kier molecular flexibility index (Phi) is 5.76. The summed E-state index contributed by atoms with van der Waals surface area (Å²) in [5.74, 6) is 0.600. The van der Waals surface area contributed by atoms with Gasteiger partial charge in [0.05, 0.1) is 6.04 Å². The topological polar surface area (TPSA) is 58.4 Å². The van der Waals surface area contributed by atoms with E-state index >= 15 is 0 Å². The van der Waals surface area contributed by atoms with Gasteiger partial charge in [0.1, 0.15) is 0 Å². The van der Waals surface area contributed by atoms with Crippen molar-refractivity contribution in [3.63, 3.8) is 0 Å². The van der Waals surface area contributed by atoms with E-state index in [2.05, 4.69) is 22.3 Å². The Hall–Kier alpha value is -1.39. The molecular weight excluding hydrogens is 262 g/mol. The van der Waals surface area contributed by atoms with Crippen LogP contribution in [0.4, 0.5) is 0 Å². The average molecular weight is 289 g/mol. The van der Waals surface area contributed by atoms with E-state index in [-0.39, 0.29) is 17.9 Å². The highest BCUT2D eigenvalue weighted by atomic mass is 16.2. The summed E-state index contributed by atoms with van der Waals surface area (Å²) in [5, 5.41) is 3.23. The molecule has 2 rings (SSSR count). The predicted molar refractivity (Wildman–Crippen MR) is 85.8 cm³/mol. The summed E-state index contributed by atoms with van der Waals surface area (Å²) in [6, 6.07) is 10.2. The van der Waals surface area contributed by atoms with E-state index in [1.165, 1.54) is 0 Å². The molecule has 0 saturated heterocycles. The molecule has 4 heteroatoms. The van der Waals surface area contributed by atoms with Crippen LogP contribution in [0.25, 0.3) is 0 Å². The zero-order valence-electron chi connectivity index (χ0n) is 13.1. The van der Waals surface area contributed by atoms with Gasteiger partial charge in [0, 0.05) is 12.5 Å². The summed E-state index contributed by atoms with van der Waals surface area (Å²) in [5.41, 5.74) is 6.95. The third kappa shape index (κ3) is 4.29. The molecule has 0 heterocycles. The molecule has 0 aromatic heterocycles. The quantitative estimate of drug-likeness (QED) is 0.839. The number of benzene rings is 1. The van der Waals surface area contributed by atoms with E-state index in [0.29, 0.717) is 12.5 Å². The monoisotopic (exact) mass is 289 g/mol. The van der Waals surface area contributed by atoms with Gasteiger partial charge >= 0.3 is 0 Å². The first-order valence-corrected chi connectivity index (χ1v) is 7.82. The lowest BCUT2D eigenvalue weighted by Gasteiger charge is -2.26. The maximum atomic E-state index is 12.6. The van der Waals surface area contributed by atoms with Crippen molar-refractivity contribution in [2.45, 2.75) is 25.3 Å². The maximum absolute atomic E-state index is 12.6. The van der Waals surface area contributed by atoms with Gasteiger partial charge in [-0.05, 0) is 45.0 Å². The SMILES string of the molecule is CN(C)CC(NC(=O)C1CCCC1CN)c1ccccc1. The molecule has 1 aliphatic rings. The number of hydrogen-bond donors (Lipinski definition) is 2. The summed E-state index contributed by atoms with van der Waals surface area (Å²) in [6.45, 7) is 1.41. The zero-order chi connectivity index (χ0) is 15.2. The van der Waals surface area contributed by atoms with E-state index in [4.69, 9.17) is 5.73 Å². The van der Waals surface area contributed by atoms with Gasteiger partial charge in [0.25, 0.3) is 0 Å². The second-order valence-corrected chi connectivity index (χ2v) is 6.27. The fourth-order valence-corrected chi connectivity index (χ4v) is 3.23. The number of likely N-dealkylation sites (N-methyl/N-ethyl adjacent to an activating group) is 1. The van der Waals surface area contributed by atoms with Crippen molar-refractivity contribution in [3.05, 3.63) is 35.9 Å². The molecule has 3 unspecified atom stereocenters. The summed E-state index contributed by atoms with van der Waals surface area (Å²) in [7, 11) is 4.06. The van der Waals surface area contributed by atoms with E-state index < -0.39 is 0 Å². The van der Waals surface area contributed by atoms with Gasteiger partial charge in [-0.2, -0.15) is 0 Å². The molecule has 0 spiro atoms. The van der Waals surface area contributed by atoms with Crippen LogP contribution >= 0.6 is 0 Å². The van der Waals surface area contributed by atoms with Crippen molar-refractivity contribution >= 4 is 5.91 Å². The fraction of sp³-hybridized carbons (Fsp3) is 0.588. The molecule has 0 radical (unpaired) electrons. The molecule has 0 bridgehead atoms. The predicted octanol–water partition coefficient (Wildman–Crippen LogP) is 1.78. The van der Waals surface area contributed by atoms with Gasteiger partial charge in [0.15, 0.2) is 0 Å². The van der Waals surface area contributed by atoms with Crippen LogP contribution in [-0.4, -0.2) is 38.0 Å². The number of amides is 1. The van der Waals surface area contributed by atoms with Crippen LogP contribution in [0.1, 0.15) is 30.9 Å². The van der Waals surface area contributed by atoms with Crippen molar-refractivity contribution in [2.75, 3.05) is 27.2 Å². The molecule has 1 amide bonds. The molecule has 3 atom stereocenters. The number of carbonyl (C=O) groups is 1. The Labute approximate surface area is 127 Å². The standard InChI is InChI=1S/C17H27N3O/c1-20(2)12-16(13-7-4-3-5-8-13)19-17(21)15-10-6-9-14(15)11-18/h3-5,7-8,14-16H,6,9-12,18H2,1-2H3,(H,19,21). The first-order chi connectivity index (χ1) is 10.1. The molecule has 1 aliphatic carbocycles. The van der Waals surface area contributed by atoms with Gasteiger partial charge in [0.2, 0.25) is 5.91 Å². The summed E-state index contributed by atoms with van der Waals surface area (Å²) < 4.78 is 0. The Bertz CT molecular complexity index is 447. The van der Waals surface area contributed by atoms with Crippen molar-refractivity contribution in [3.8, 4) is 0 Å². The van der Waals surface area contributed by atoms with Crippen molar-refractivity contribution in [2.24, 2.45) is 17.6 Å². The molecule has 3 N–H and O–H groups in total. The van der Waals surface area contributed by atoms with Gasteiger partial charge in [-0.3, -0.25) is 4.79 Å². The zero-order valence-corrected chi connectivity index (χ0v) is 13.1. The molecular formula is C17H27N3O. The highest BCUT2D eigenvalue weighted by molar-refractivity contribution is 5.79. The number of hydrogen-bond acceptors (Lipinski definition) is 3. The van der Waals surface area contributed by atoms with E-state index in [1.54, 1.807) is 0 Å². The molecule has 1 aromatic carbocycles. The minimum atomic E-state index is 0.0349. The molecule has 4 nitrogen and oxygen atoms in total. The van der Waals surface area contributed by atoms with Gasteiger partial charge in [-0.25, -0.2) is 0 Å². The summed E-state index contributed by atoms with van der Waals surface area (Å²) >= 11 is 0. The van der Waals surface area contributed by atoms with Crippen molar-refractivity contribution < 1.29 is 4.79 Å². The van der Waals surface area contributed by atoms with Crippen LogP contribution in [-0.2, 0) is 4.79 Å². The van der Waals surface area contributed by atoms with Crippen molar-refractivity contribution in [1.82, 2.24) is 10.2 Å². The summed E-state index contributed by atoms with van der Waals surface area (Å²) in [6.07, 6.45) is 3.17. The van der Waals surface area contributed by atoms with Gasteiger partial charge in [-0.15, -0.1) is 0 Å². The number of carbonyl (C=O) groups excluding carboxylic acids is 1. The van der Waals surface area contributed by atoms with E-state index in [0.717, 1.165) is 31.4 Å². The van der Waals surface area contributed by atoms with E-state index in [9.17, 15) is 4.79 Å². The van der Waals surface area contributed by atoms with E-state index in [1.807, 2.05) is 32.3 Å². The van der Waals surface area contributed by atoms with Gasteiger partial charge < -0.3 is 16.0 Å². The molecule has 116 valence electrons. The molecule has 1 fully saturated rings. The smallest absolute Gasteiger partial charge is 0.223 e. The molecule has 21 heavy (non-hydrogen) atoms. The average Bonchev–Trinajstić information content (AvgIpc) is 2.95. The van der Waals surface area contributed by atoms with Crippen LogP contribution in [0.5, 0.6) is 0 Å².